The summed E-state index contributed by atoms with van der Waals surface area (Å²) in [5, 5.41) is 11.8. The maximum Gasteiger partial charge on any atom is 0.149 e. The molecule has 0 heterocycles. The van der Waals surface area contributed by atoms with E-state index < -0.39 is 9.84 Å². The number of hydrogen-bond acceptors (Lipinski definition) is 4. The smallest absolute Gasteiger partial charge is 0.149 e. The summed E-state index contributed by atoms with van der Waals surface area (Å²) in [4.78, 5) is 0. The minimum absolute atomic E-state index is 0.0613. The Hall–Kier alpha value is -1.54. The van der Waals surface area contributed by atoms with Crippen molar-refractivity contribution in [1.29, 1.82) is 5.26 Å². The third-order valence-corrected chi connectivity index (χ3v) is 3.03. The van der Waals surface area contributed by atoms with Gasteiger partial charge in [0.1, 0.15) is 15.9 Å². The molecule has 4 nitrogen and oxygen atoms in total. The molecule has 0 spiro atoms. The fraction of sp³-hybridized carbons (Fsp3) is 0.364. The minimum atomic E-state index is -2.97. The Balaban J connectivity index is 2.74. The molecular weight excluding hydrogens is 224 g/mol. The summed E-state index contributed by atoms with van der Waals surface area (Å²) in [6, 6.07) is 7.46. The Morgan fingerprint density at radius 1 is 1.44 bits per heavy atom. The van der Waals surface area contributed by atoms with Gasteiger partial charge in [-0.05, 0) is 24.6 Å². The van der Waals surface area contributed by atoms with Crippen LogP contribution in [0.5, 0.6) is 0 Å². The zero-order valence-electron chi connectivity index (χ0n) is 9.32. The lowest BCUT2D eigenvalue weighted by atomic mass is 10.1. The summed E-state index contributed by atoms with van der Waals surface area (Å²) in [5.74, 6) is 0.0613. The molecule has 0 bridgehead atoms. The van der Waals surface area contributed by atoms with Crippen LogP contribution in [0.25, 0.3) is 0 Å². The lowest BCUT2D eigenvalue weighted by Crippen LogP contribution is -2.14. The van der Waals surface area contributed by atoms with Crippen LogP contribution in [-0.4, -0.2) is 27.0 Å². The van der Waals surface area contributed by atoms with E-state index in [2.05, 4.69) is 11.4 Å². The van der Waals surface area contributed by atoms with Crippen molar-refractivity contribution in [3.8, 4) is 6.07 Å². The number of nitriles is 1. The highest BCUT2D eigenvalue weighted by atomic mass is 32.2. The van der Waals surface area contributed by atoms with Crippen molar-refractivity contribution in [2.45, 2.75) is 6.92 Å². The molecule has 1 N–H and O–H groups in total. The number of benzene rings is 1. The van der Waals surface area contributed by atoms with Crippen molar-refractivity contribution in [1.82, 2.24) is 0 Å². The van der Waals surface area contributed by atoms with Gasteiger partial charge < -0.3 is 5.32 Å². The normalized spacial score (nSPS) is 10.8. The first-order chi connectivity index (χ1) is 7.42. The summed E-state index contributed by atoms with van der Waals surface area (Å²) in [6.45, 7) is 2.24. The largest absolute Gasteiger partial charge is 0.383 e. The van der Waals surface area contributed by atoms with Gasteiger partial charge in [0.05, 0.1) is 17.0 Å². The molecule has 0 unspecified atom stereocenters. The van der Waals surface area contributed by atoms with Gasteiger partial charge in [-0.25, -0.2) is 8.42 Å². The SMILES string of the molecule is Cc1ccc(C#N)c(NCCS(C)(=O)=O)c1. The fourth-order valence-electron chi connectivity index (χ4n) is 1.27. The van der Waals surface area contributed by atoms with Crippen molar-refractivity contribution >= 4 is 15.5 Å². The van der Waals surface area contributed by atoms with Crippen molar-refractivity contribution in [2.75, 3.05) is 23.9 Å². The molecule has 1 aromatic rings. The number of aryl methyl sites for hydroxylation is 1. The van der Waals surface area contributed by atoms with Crippen LogP contribution in [0.4, 0.5) is 5.69 Å². The lowest BCUT2D eigenvalue weighted by Gasteiger charge is -2.08. The first-order valence-electron chi connectivity index (χ1n) is 4.85. The molecule has 0 atom stereocenters. The van der Waals surface area contributed by atoms with Crippen LogP contribution < -0.4 is 5.32 Å². The van der Waals surface area contributed by atoms with Crippen molar-refractivity contribution in [3.05, 3.63) is 29.3 Å². The maximum absolute atomic E-state index is 10.9. The third-order valence-electron chi connectivity index (χ3n) is 2.08. The summed E-state index contributed by atoms with van der Waals surface area (Å²) in [7, 11) is -2.97. The van der Waals surface area contributed by atoms with E-state index >= 15 is 0 Å². The number of nitrogens with one attached hydrogen (secondary N) is 1. The van der Waals surface area contributed by atoms with E-state index in [4.69, 9.17) is 5.26 Å². The Labute approximate surface area is 95.8 Å². The van der Waals surface area contributed by atoms with Crippen LogP contribution in [0.15, 0.2) is 18.2 Å². The fourth-order valence-corrected chi connectivity index (χ4v) is 1.75. The quantitative estimate of drug-likeness (QED) is 0.859. The molecule has 0 amide bonds. The molecule has 0 aromatic heterocycles. The standard InChI is InChI=1S/C11H14N2O2S/c1-9-3-4-10(8-12)11(7-9)13-5-6-16(2,14)15/h3-4,7,13H,5-6H2,1-2H3. The Morgan fingerprint density at radius 3 is 2.69 bits per heavy atom. The zero-order chi connectivity index (χ0) is 12.2. The van der Waals surface area contributed by atoms with E-state index in [1.54, 1.807) is 6.07 Å². The highest BCUT2D eigenvalue weighted by molar-refractivity contribution is 7.90. The molecule has 0 radical (unpaired) electrons. The van der Waals surface area contributed by atoms with Gasteiger partial charge in [0.15, 0.2) is 0 Å². The Bertz CT molecular complexity index is 515. The van der Waals surface area contributed by atoms with E-state index in [1.165, 1.54) is 6.26 Å². The molecule has 16 heavy (non-hydrogen) atoms. The maximum atomic E-state index is 10.9. The van der Waals surface area contributed by atoms with E-state index in [9.17, 15) is 8.42 Å². The minimum Gasteiger partial charge on any atom is -0.383 e. The van der Waals surface area contributed by atoms with E-state index in [1.807, 2.05) is 19.1 Å². The van der Waals surface area contributed by atoms with Crippen molar-refractivity contribution < 1.29 is 8.42 Å². The van der Waals surface area contributed by atoms with E-state index in [0.29, 0.717) is 17.8 Å². The number of nitrogens with zero attached hydrogens (tertiary/aromatic N) is 1. The molecule has 0 aliphatic carbocycles. The molecule has 86 valence electrons. The van der Waals surface area contributed by atoms with Crippen LogP contribution in [0.1, 0.15) is 11.1 Å². The average molecular weight is 238 g/mol. The Kier molecular flexibility index (Phi) is 3.91. The van der Waals surface area contributed by atoms with Gasteiger partial charge in [-0.15, -0.1) is 0 Å². The van der Waals surface area contributed by atoms with Crippen LogP contribution in [-0.2, 0) is 9.84 Å². The first kappa shape index (κ1) is 12.5. The monoisotopic (exact) mass is 238 g/mol. The molecule has 0 saturated carbocycles. The van der Waals surface area contributed by atoms with E-state index in [-0.39, 0.29) is 5.75 Å². The number of sulfone groups is 1. The molecule has 1 aromatic carbocycles. The van der Waals surface area contributed by atoms with Gasteiger partial charge in [0.2, 0.25) is 0 Å². The molecule has 0 aliphatic rings. The van der Waals surface area contributed by atoms with Gasteiger partial charge in [0, 0.05) is 12.8 Å². The number of rotatable bonds is 4. The first-order valence-corrected chi connectivity index (χ1v) is 6.91. The molecule has 0 fully saturated rings. The van der Waals surface area contributed by atoms with Crippen molar-refractivity contribution in [3.63, 3.8) is 0 Å². The predicted octanol–water partition coefficient (Wildman–Crippen LogP) is 1.32. The second-order valence-corrected chi connectivity index (χ2v) is 5.98. The summed E-state index contributed by atoms with van der Waals surface area (Å²) >= 11 is 0. The van der Waals surface area contributed by atoms with Crippen LogP contribution >= 0.6 is 0 Å². The van der Waals surface area contributed by atoms with Crippen molar-refractivity contribution in [2.24, 2.45) is 0 Å². The zero-order valence-corrected chi connectivity index (χ0v) is 10.1. The second-order valence-electron chi connectivity index (χ2n) is 3.72. The van der Waals surface area contributed by atoms with Gasteiger partial charge >= 0.3 is 0 Å². The lowest BCUT2D eigenvalue weighted by molar-refractivity contribution is 0.602. The second kappa shape index (κ2) is 4.99. The number of hydrogen-bond donors (Lipinski definition) is 1. The number of anilines is 1. The van der Waals surface area contributed by atoms with Crippen LogP contribution in [0, 0.1) is 18.3 Å². The van der Waals surface area contributed by atoms with Gasteiger partial charge in [0.25, 0.3) is 0 Å². The summed E-state index contributed by atoms with van der Waals surface area (Å²) in [5.41, 5.74) is 2.24. The van der Waals surface area contributed by atoms with Gasteiger partial charge in [-0.1, -0.05) is 6.07 Å². The topological polar surface area (TPSA) is 70.0 Å². The summed E-state index contributed by atoms with van der Waals surface area (Å²) in [6.07, 6.45) is 1.19. The van der Waals surface area contributed by atoms with Gasteiger partial charge in [-0.2, -0.15) is 5.26 Å². The molecule has 1 rings (SSSR count). The highest BCUT2D eigenvalue weighted by Gasteiger charge is 2.04. The summed E-state index contributed by atoms with van der Waals surface area (Å²) < 4.78 is 21.9. The van der Waals surface area contributed by atoms with E-state index in [0.717, 1.165) is 5.56 Å². The highest BCUT2D eigenvalue weighted by Crippen LogP contribution is 2.16. The molecular formula is C11H14N2O2S. The predicted molar refractivity (Wildman–Crippen MR) is 64.1 cm³/mol. The molecule has 5 heteroatoms. The molecule has 0 saturated heterocycles. The third kappa shape index (κ3) is 3.91. The van der Waals surface area contributed by atoms with Gasteiger partial charge in [-0.3, -0.25) is 0 Å². The average Bonchev–Trinajstić information content (AvgIpc) is 2.16. The van der Waals surface area contributed by atoms with Crippen LogP contribution in [0.3, 0.4) is 0 Å². The van der Waals surface area contributed by atoms with Crippen LogP contribution in [0.2, 0.25) is 0 Å². The Morgan fingerprint density at radius 2 is 2.12 bits per heavy atom. The molecule has 0 aliphatic heterocycles.